The zero-order valence-electron chi connectivity index (χ0n) is 24.1. The Morgan fingerprint density at radius 2 is 1.57 bits per heavy atom. The van der Waals surface area contributed by atoms with Crippen molar-refractivity contribution in [3.63, 3.8) is 0 Å². The number of nitrogens with one attached hydrogen (secondary N) is 2. The number of amides is 4. The van der Waals surface area contributed by atoms with E-state index in [9.17, 15) is 19.5 Å². The molecule has 3 heterocycles. The van der Waals surface area contributed by atoms with Gasteiger partial charge in [-0.25, -0.2) is 4.79 Å². The van der Waals surface area contributed by atoms with E-state index in [1.165, 1.54) is 0 Å². The summed E-state index contributed by atoms with van der Waals surface area (Å²) in [4.78, 5) is 49.0. The second-order valence-corrected chi connectivity index (χ2v) is 12.7. The summed E-state index contributed by atoms with van der Waals surface area (Å²) >= 11 is 6.74. The van der Waals surface area contributed by atoms with Crippen LogP contribution in [0.25, 0.3) is 0 Å². The highest BCUT2D eigenvalue weighted by Gasteiger charge is 2.32. The van der Waals surface area contributed by atoms with Gasteiger partial charge in [0.05, 0.1) is 14.5 Å². The smallest absolute Gasteiger partial charge is 0.318 e. The van der Waals surface area contributed by atoms with Crippen LogP contribution in [0.15, 0.2) is 69.9 Å². The number of nitrogens with zero attached hydrogens (tertiary/aromatic N) is 4. The number of benzene rings is 2. The average molecular weight is 729 g/mol. The molecule has 2 fully saturated rings. The first-order chi connectivity index (χ1) is 21.2. The lowest BCUT2D eigenvalue weighted by atomic mass is 10.0. The number of hydrogen-bond acceptors (Lipinski definition) is 7. The molecular weight excluding hydrogens is 694 g/mol. The molecule has 13 heteroatoms. The number of primary amides is 1. The SMILES string of the molecule is NC(=O)c1ccccc1NC1CCN(C(=O)N[C@H](Cc2cc(Br)c(O)c(Br)c2)C(=O)N2CCN(c3ccncc3)CC2)CC1. The van der Waals surface area contributed by atoms with Crippen LogP contribution < -0.4 is 21.3 Å². The number of hydrogen-bond donors (Lipinski definition) is 4. The van der Waals surface area contributed by atoms with Crippen molar-refractivity contribution in [2.45, 2.75) is 31.3 Å². The number of rotatable bonds is 8. The van der Waals surface area contributed by atoms with Crippen LogP contribution in [0.5, 0.6) is 5.75 Å². The number of pyridine rings is 1. The summed E-state index contributed by atoms with van der Waals surface area (Å²) in [5, 5.41) is 16.6. The van der Waals surface area contributed by atoms with Gasteiger partial charge in [0.1, 0.15) is 11.8 Å². The van der Waals surface area contributed by atoms with Gasteiger partial charge < -0.3 is 36.2 Å². The Labute approximate surface area is 273 Å². The van der Waals surface area contributed by atoms with Crippen molar-refractivity contribution in [1.82, 2.24) is 20.1 Å². The number of phenolic OH excluding ortho intramolecular Hbond substituents is 1. The third kappa shape index (κ3) is 7.62. The molecule has 2 aromatic carbocycles. The van der Waals surface area contributed by atoms with E-state index in [-0.39, 0.29) is 30.2 Å². The summed E-state index contributed by atoms with van der Waals surface area (Å²) in [6.07, 6.45) is 5.12. The van der Waals surface area contributed by atoms with Gasteiger partial charge in [0.25, 0.3) is 5.91 Å². The van der Waals surface area contributed by atoms with E-state index in [1.54, 1.807) is 46.5 Å². The number of para-hydroxylation sites is 1. The first kappa shape index (κ1) is 31.6. The lowest BCUT2D eigenvalue weighted by molar-refractivity contribution is -0.133. The van der Waals surface area contributed by atoms with Gasteiger partial charge >= 0.3 is 6.03 Å². The predicted octanol–water partition coefficient (Wildman–Crippen LogP) is 3.96. The number of nitrogens with two attached hydrogens (primary N) is 1. The molecular formula is C31H35Br2N7O4. The molecule has 0 radical (unpaired) electrons. The second-order valence-electron chi connectivity index (χ2n) is 10.9. The van der Waals surface area contributed by atoms with Crippen molar-refractivity contribution < 1.29 is 19.5 Å². The molecule has 0 spiro atoms. The van der Waals surface area contributed by atoms with E-state index in [0.717, 1.165) is 11.3 Å². The zero-order valence-corrected chi connectivity index (χ0v) is 27.3. The molecule has 232 valence electrons. The lowest BCUT2D eigenvalue weighted by Gasteiger charge is -2.38. The molecule has 2 aliphatic heterocycles. The zero-order chi connectivity index (χ0) is 31.2. The summed E-state index contributed by atoms with van der Waals surface area (Å²) in [7, 11) is 0. The Kier molecular flexibility index (Phi) is 10.3. The van der Waals surface area contributed by atoms with E-state index < -0.39 is 11.9 Å². The van der Waals surface area contributed by atoms with Crippen LogP contribution in [0.4, 0.5) is 16.2 Å². The summed E-state index contributed by atoms with van der Waals surface area (Å²) in [6.45, 7) is 3.38. The highest BCUT2D eigenvalue weighted by molar-refractivity contribution is 9.11. The van der Waals surface area contributed by atoms with Crippen LogP contribution in [0, 0.1) is 0 Å². The molecule has 1 atom stereocenters. The van der Waals surface area contributed by atoms with Crippen LogP contribution in [0.3, 0.4) is 0 Å². The van der Waals surface area contributed by atoms with Gasteiger partial charge in [-0.05, 0) is 86.7 Å². The molecule has 0 unspecified atom stereocenters. The predicted molar refractivity (Wildman–Crippen MR) is 176 cm³/mol. The number of likely N-dealkylation sites (tertiary alicyclic amines) is 1. The van der Waals surface area contributed by atoms with Gasteiger partial charge in [-0.2, -0.15) is 0 Å². The van der Waals surface area contributed by atoms with Crippen molar-refractivity contribution in [1.29, 1.82) is 0 Å². The van der Waals surface area contributed by atoms with Crippen molar-refractivity contribution in [2.75, 3.05) is 49.5 Å². The number of halogens is 2. The number of anilines is 2. The van der Waals surface area contributed by atoms with Gasteiger partial charge in [0.15, 0.2) is 0 Å². The molecule has 0 aliphatic carbocycles. The topological polar surface area (TPSA) is 144 Å². The van der Waals surface area contributed by atoms with E-state index in [2.05, 4.69) is 52.4 Å². The van der Waals surface area contributed by atoms with Crippen LogP contribution in [-0.4, -0.2) is 89.1 Å². The second kappa shape index (κ2) is 14.3. The number of carbonyl (C=O) groups is 3. The van der Waals surface area contributed by atoms with Gasteiger partial charge in [-0.3, -0.25) is 14.6 Å². The Hall–Kier alpha value is -3.84. The number of piperazine rings is 1. The van der Waals surface area contributed by atoms with Gasteiger partial charge in [0, 0.05) is 75.5 Å². The minimum Gasteiger partial charge on any atom is -0.506 e. The molecule has 5 N–H and O–H groups in total. The Morgan fingerprint density at radius 3 is 2.20 bits per heavy atom. The number of aromatic nitrogens is 1. The fourth-order valence-electron chi connectivity index (χ4n) is 5.64. The molecule has 2 saturated heterocycles. The van der Waals surface area contributed by atoms with Crippen LogP contribution >= 0.6 is 31.9 Å². The minimum atomic E-state index is -0.795. The van der Waals surface area contributed by atoms with Crippen molar-refractivity contribution >= 4 is 61.1 Å². The molecule has 3 aromatic rings. The number of urea groups is 1. The molecule has 0 bridgehead atoms. The molecule has 11 nitrogen and oxygen atoms in total. The maximum atomic E-state index is 13.9. The molecule has 0 saturated carbocycles. The molecule has 4 amide bonds. The summed E-state index contributed by atoms with van der Waals surface area (Å²) in [5.41, 5.74) is 8.49. The van der Waals surface area contributed by atoms with E-state index >= 15 is 0 Å². The molecule has 44 heavy (non-hydrogen) atoms. The highest BCUT2D eigenvalue weighted by atomic mass is 79.9. The van der Waals surface area contributed by atoms with E-state index in [0.29, 0.717) is 72.3 Å². The Bertz CT molecular complexity index is 1470. The van der Waals surface area contributed by atoms with Crippen molar-refractivity contribution in [3.8, 4) is 5.75 Å². The first-order valence-corrected chi connectivity index (χ1v) is 16.1. The van der Waals surface area contributed by atoms with E-state index in [1.807, 2.05) is 24.3 Å². The lowest BCUT2D eigenvalue weighted by Crippen LogP contribution is -2.58. The standard InChI is InChI=1S/C31H35Br2N7O4/c32-24-17-20(18-25(33)28(24)41)19-27(30(43)39-15-13-38(14-16-39)22-5-9-35-10-6-22)37-31(44)40-11-7-21(8-12-40)36-26-4-2-1-3-23(26)29(34)42/h1-6,9-10,17-18,21,27,36,41H,7-8,11-16,19H2,(H2,34,42)(H,37,44)/t27-/m1/s1. The van der Waals surface area contributed by atoms with E-state index in [4.69, 9.17) is 5.73 Å². The summed E-state index contributed by atoms with van der Waals surface area (Å²) in [5.74, 6) is -0.567. The van der Waals surface area contributed by atoms with Crippen LogP contribution in [-0.2, 0) is 11.2 Å². The fraction of sp³-hybridized carbons (Fsp3) is 0.355. The Balaban J connectivity index is 1.24. The number of phenols is 1. The number of piperidine rings is 1. The monoisotopic (exact) mass is 727 g/mol. The molecule has 1 aromatic heterocycles. The molecule has 2 aliphatic rings. The largest absolute Gasteiger partial charge is 0.506 e. The summed E-state index contributed by atoms with van der Waals surface area (Å²) in [6, 6.07) is 13.5. The third-order valence-corrected chi connectivity index (χ3v) is 9.27. The third-order valence-electron chi connectivity index (χ3n) is 8.07. The van der Waals surface area contributed by atoms with Gasteiger partial charge in [-0.1, -0.05) is 12.1 Å². The highest BCUT2D eigenvalue weighted by Crippen LogP contribution is 2.34. The van der Waals surface area contributed by atoms with Crippen molar-refractivity contribution in [2.24, 2.45) is 5.73 Å². The van der Waals surface area contributed by atoms with Crippen LogP contribution in [0.2, 0.25) is 0 Å². The maximum Gasteiger partial charge on any atom is 0.318 e. The fourth-order valence-corrected chi connectivity index (χ4v) is 6.92. The van der Waals surface area contributed by atoms with Gasteiger partial charge in [-0.15, -0.1) is 0 Å². The average Bonchev–Trinajstić information content (AvgIpc) is 3.04. The van der Waals surface area contributed by atoms with Gasteiger partial charge in [0.2, 0.25) is 5.91 Å². The number of aromatic hydroxyl groups is 1. The van der Waals surface area contributed by atoms with Crippen LogP contribution in [0.1, 0.15) is 28.8 Å². The number of carbonyl (C=O) groups excluding carboxylic acids is 3. The minimum absolute atomic E-state index is 0.0698. The Morgan fingerprint density at radius 1 is 0.932 bits per heavy atom. The maximum absolute atomic E-state index is 13.9. The molecule has 5 rings (SSSR count). The summed E-state index contributed by atoms with van der Waals surface area (Å²) < 4.78 is 0.996. The normalized spacial score (nSPS) is 16.4. The van der Waals surface area contributed by atoms with Crippen molar-refractivity contribution in [3.05, 3.63) is 81.0 Å². The quantitative estimate of drug-likeness (QED) is 0.275. The first-order valence-electron chi connectivity index (χ1n) is 14.5.